The van der Waals surface area contributed by atoms with Gasteiger partial charge in [-0.3, -0.25) is 9.48 Å². The molecule has 94 valence electrons. The lowest BCUT2D eigenvalue weighted by Crippen LogP contribution is -2.45. The standard InChI is InChI=1S/C12H19N3O2/c1-10-9-14(7-3-11(10)16)12(17)4-8-15-6-2-5-13-15/h2,5-6,10-11,16H,3-4,7-9H2,1H3. The van der Waals surface area contributed by atoms with Gasteiger partial charge in [-0.05, 0) is 18.4 Å². The number of hydrogen-bond acceptors (Lipinski definition) is 3. The Morgan fingerprint density at radius 2 is 2.41 bits per heavy atom. The number of aliphatic hydroxyl groups excluding tert-OH is 1. The van der Waals surface area contributed by atoms with E-state index in [2.05, 4.69) is 5.10 Å². The number of piperidine rings is 1. The molecule has 0 bridgehead atoms. The van der Waals surface area contributed by atoms with Crippen LogP contribution < -0.4 is 0 Å². The Morgan fingerprint density at radius 1 is 1.59 bits per heavy atom. The van der Waals surface area contributed by atoms with E-state index < -0.39 is 0 Å². The van der Waals surface area contributed by atoms with Gasteiger partial charge in [-0.2, -0.15) is 5.10 Å². The predicted molar refractivity (Wildman–Crippen MR) is 63.2 cm³/mol. The summed E-state index contributed by atoms with van der Waals surface area (Å²) in [5, 5.41) is 13.7. The number of amides is 1. The fourth-order valence-corrected chi connectivity index (χ4v) is 2.16. The Kier molecular flexibility index (Phi) is 3.78. The Morgan fingerprint density at radius 3 is 3.06 bits per heavy atom. The Balaban J connectivity index is 1.80. The van der Waals surface area contributed by atoms with Gasteiger partial charge in [-0.1, -0.05) is 6.92 Å². The molecule has 17 heavy (non-hydrogen) atoms. The average molecular weight is 237 g/mol. The highest BCUT2D eigenvalue weighted by atomic mass is 16.3. The van der Waals surface area contributed by atoms with Gasteiger partial charge in [0.25, 0.3) is 0 Å². The van der Waals surface area contributed by atoms with Crippen molar-refractivity contribution in [2.75, 3.05) is 13.1 Å². The van der Waals surface area contributed by atoms with Crippen LogP contribution >= 0.6 is 0 Å². The molecular weight excluding hydrogens is 218 g/mol. The van der Waals surface area contributed by atoms with E-state index in [9.17, 15) is 9.90 Å². The van der Waals surface area contributed by atoms with Crippen LogP contribution in [0.3, 0.4) is 0 Å². The van der Waals surface area contributed by atoms with Crippen molar-refractivity contribution < 1.29 is 9.90 Å². The highest BCUT2D eigenvalue weighted by Crippen LogP contribution is 2.17. The second kappa shape index (κ2) is 5.31. The zero-order valence-corrected chi connectivity index (χ0v) is 10.1. The molecule has 1 N–H and O–H groups in total. The van der Waals surface area contributed by atoms with Crippen LogP contribution in [-0.4, -0.2) is 44.9 Å². The number of hydrogen-bond donors (Lipinski definition) is 1. The summed E-state index contributed by atoms with van der Waals surface area (Å²) in [5.41, 5.74) is 0. The van der Waals surface area contributed by atoms with E-state index in [1.165, 1.54) is 0 Å². The lowest BCUT2D eigenvalue weighted by molar-refractivity contribution is -0.135. The third-order valence-corrected chi connectivity index (χ3v) is 3.33. The lowest BCUT2D eigenvalue weighted by atomic mass is 9.96. The highest BCUT2D eigenvalue weighted by molar-refractivity contribution is 5.76. The van der Waals surface area contributed by atoms with Gasteiger partial charge in [0.05, 0.1) is 6.10 Å². The minimum Gasteiger partial charge on any atom is -0.393 e. The van der Waals surface area contributed by atoms with Crippen molar-refractivity contribution in [1.29, 1.82) is 0 Å². The van der Waals surface area contributed by atoms with Gasteiger partial charge in [-0.15, -0.1) is 0 Å². The highest BCUT2D eigenvalue weighted by Gasteiger charge is 2.26. The number of rotatable bonds is 3. The molecule has 2 atom stereocenters. The van der Waals surface area contributed by atoms with Gasteiger partial charge in [0, 0.05) is 38.4 Å². The van der Waals surface area contributed by atoms with Crippen LogP contribution in [0.2, 0.25) is 0 Å². The summed E-state index contributed by atoms with van der Waals surface area (Å²) in [6.07, 6.45) is 4.48. The van der Waals surface area contributed by atoms with Gasteiger partial charge < -0.3 is 10.0 Å². The van der Waals surface area contributed by atoms with Crippen molar-refractivity contribution in [3.63, 3.8) is 0 Å². The van der Waals surface area contributed by atoms with Crippen LogP contribution in [-0.2, 0) is 11.3 Å². The van der Waals surface area contributed by atoms with Crippen molar-refractivity contribution in [3.8, 4) is 0 Å². The number of carbonyl (C=O) groups is 1. The molecule has 1 fully saturated rings. The number of aromatic nitrogens is 2. The molecule has 0 aromatic carbocycles. The first kappa shape index (κ1) is 12.1. The van der Waals surface area contributed by atoms with Crippen LogP contribution in [0.25, 0.3) is 0 Å². The van der Waals surface area contributed by atoms with Crippen molar-refractivity contribution >= 4 is 5.91 Å². The first-order chi connectivity index (χ1) is 8.16. The van der Waals surface area contributed by atoms with E-state index in [0.717, 1.165) is 0 Å². The van der Waals surface area contributed by atoms with E-state index in [4.69, 9.17) is 0 Å². The largest absolute Gasteiger partial charge is 0.393 e. The summed E-state index contributed by atoms with van der Waals surface area (Å²) in [6, 6.07) is 1.85. The second-order valence-corrected chi connectivity index (χ2v) is 4.69. The smallest absolute Gasteiger partial charge is 0.224 e. The summed E-state index contributed by atoms with van der Waals surface area (Å²) in [4.78, 5) is 13.8. The third-order valence-electron chi connectivity index (χ3n) is 3.33. The maximum Gasteiger partial charge on any atom is 0.224 e. The summed E-state index contributed by atoms with van der Waals surface area (Å²) in [6.45, 7) is 3.94. The molecule has 1 aromatic rings. The predicted octanol–water partition coefficient (Wildman–Crippen LogP) is 0.502. The Bertz CT molecular complexity index is 364. The van der Waals surface area contributed by atoms with Crippen molar-refractivity contribution in [2.45, 2.75) is 32.4 Å². The molecule has 1 aliphatic heterocycles. The molecule has 0 spiro atoms. The molecule has 0 saturated carbocycles. The lowest BCUT2D eigenvalue weighted by Gasteiger charge is -2.34. The summed E-state index contributed by atoms with van der Waals surface area (Å²) < 4.78 is 1.76. The van der Waals surface area contributed by atoms with Gasteiger partial charge in [0.15, 0.2) is 0 Å². The number of nitrogens with zero attached hydrogens (tertiary/aromatic N) is 3. The molecule has 1 amide bonds. The van der Waals surface area contributed by atoms with Gasteiger partial charge in [0.1, 0.15) is 0 Å². The molecule has 2 unspecified atom stereocenters. The zero-order valence-electron chi connectivity index (χ0n) is 10.1. The topological polar surface area (TPSA) is 58.4 Å². The van der Waals surface area contributed by atoms with Gasteiger partial charge in [0.2, 0.25) is 5.91 Å². The van der Waals surface area contributed by atoms with E-state index in [-0.39, 0.29) is 17.9 Å². The van der Waals surface area contributed by atoms with Crippen molar-refractivity contribution in [2.24, 2.45) is 5.92 Å². The van der Waals surface area contributed by atoms with Crippen LogP contribution in [0.5, 0.6) is 0 Å². The van der Waals surface area contributed by atoms with E-state index in [0.29, 0.717) is 32.5 Å². The van der Waals surface area contributed by atoms with Crippen LogP contribution in [0.4, 0.5) is 0 Å². The summed E-state index contributed by atoms with van der Waals surface area (Å²) >= 11 is 0. The molecule has 5 heteroatoms. The van der Waals surface area contributed by atoms with E-state index >= 15 is 0 Å². The van der Waals surface area contributed by atoms with E-state index in [1.54, 1.807) is 10.9 Å². The fraction of sp³-hybridized carbons (Fsp3) is 0.667. The second-order valence-electron chi connectivity index (χ2n) is 4.69. The van der Waals surface area contributed by atoms with Crippen molar-refractivity contribution in [3.05, 3.63) is 18.5 Å². The minimum atomic E-state index is -0.259. The molecule has 2 rings (SSSR count). The molecule has 1 saturated heterocycles. The van der Waals surface area contributed by atoms with E-state index in [1.807, 2.05) is 24.1 Å². The van der Waals surface area contributed by atoms with Gasteiger partial charge >= 0.3 is 0 Å². The fourth-order valence-electron chi connectivity index (χ4n) is 2.16. The summed E-state index contributed by atoms with van der Waals surface area (Å²) in [7, 11) is 0. The van der Waals surface area contributed by atoms with Crippen molar-refractivity contribution in [1.82, 2.24) is 14.7 Å². The quantitative estimate of drug-likeness (QED) is 0.833. The zero-order chi connectivity index (χ0) is 12.3. The number of carbonyl (C=O) groups excluding carboxylic acids is 1. The third kappa shape index (κ3) is 3.06. The van der Waals surface area contributed by atoms with Crippen LogP contribution in [0, 0.1) is 5.92 Å². The normalized spacial score (nSPS) is 24.9. The molecule has 1 aliphatic rings. The molecule has 2 heterocycles. The molecule has 1 aromatic heterocycles. The van der Waals surface area contributed by atoms with Crippen LogP contribution in [0.15, 0.2) is 18.5 Å². The molecule has 0 radical (unpaired) electrons. The average Bonchev–Trinajstić information content (AvgIpc) is 2.82. The molecular formula is C12H19N3O2. The number of aryl methyl sites for hydroxylation is 1. The first-order valence-corrected chi connectivity index (χ1v) is 6.10. The summed E-state index contributed by atoms with van der Waals surface area (Å²) in [5.74, 6) is 0.330. The van der Waals surface area contributed by atoms with Gasteiger partial charge in [-0.25, -0.2) is 0 Å². The molecule has 0 aliphatic carbocycles. The maximum absolute atomic E-state index is 11.9. The Hall–Kier alpha value is -1.36. The van der Waals surface area contributed by atoms with Crippen LogP contribution in [0.1, 0.15) is 19.8 Å². The minimum absolute atomic E-state index is 0.152. The number of aliphatic hydroxyl groups is 1. The first-order valence-electron chi connectivity index (χ1n) is 6.10. The Labute approximate surface area is 101 Å². The molecule has 5 nitrogen and oxygen atoms in total. The monoisotopic (exact) mass is 237 g/mol. The maximum atomic E-state index is 11.9. The SMILES string of the molecule is CC1CN(C(=O)CCn2cccn2)CCC1O. The number of likely N-dealkylation sites (tertiary alicyclic amines) is 1.